The molecular weight excluding hydrogens is 226 g/mol. The van der Waals surface area contributed by atoms with Gasteiger partial charge in [0.15, 0.2) is 0 Å². The van der Waals surface area contributed by atoms with Gasteiger partial charge in [-0.2, -0.15) is 0 Å². The zero-order valence-electron chi connectivity index (χ0n) is 10.4. The van der Waals surface area contributed by atoms with E-state index >= 15 is 0 Å². The van der Waals surface area contributed by atoms with Crippen LogP contribution in [0, 0.1) is 0 Å². The van der Waals surface area contributed by atoms with Crippen LogP contribution < -0.4 is 9.80 Å². The summed E-state index contributed by atoms with van der Waals surface area (Å²) in [5.74, 6) is 0.798. The first-order chi connectivity index (χ1) is 8.79. The standard InChI is InChI=1S/C15H17NO2/c1-2-16(17)14-8-10-15(11-9-14)18-12-13-6-4-3-5-7-13/h3-11,17H,2,12H2,1H3. The minimum atomic E-state index is 0.552. The van der Waals surface area contributed by atoms with Gasteiger partial charge in [-0.1, -0.05) is 30.3 Å². The second-order valence-corrected chi connectivity index (χ2v) is 3.98. The number of hydrogen-bond donors (Lipinski definition) is 1. The Balaban J connectivity index is 1.94. The minimum Gasteiger partial charge on any atom is -0.489 e. The summed E-state index contributed by atoms with van der Waals surface area (Å²) in [5, 5.41) is 10.7. The molecule has 2 rings (SSSR count). The van der Waals surface area contributed by atoms with E-state index in [2.05, 4.69) is 0 Å². The van der Waals surface area contributed by atoms with Crippen molar-refractivity contribution >= 4 is 5.69 Å². The Kier molecular flexibility index (Phi) is 4.20. The van der Waals surface area contributed by atoms with Crippen LogP contribution in [0.15, 0.2) is 54.6 Å². The Labute approximate surface area is 107 Å². The molecule has 0 amide bonds. The van der Waals surface area contributed by atoms with Crippen molar-refractivity contribution in [1.82, 2.24) is 0 Å². The van der Waals surface area contributed by atoms with Gasteiger partial charge < -0.3 is 4.74 Å². The first-order valence-electron chi connectivity index (χ1n) is 6.03. The Morgan fingerprint density at radius 2 is 1.67 bits per heavy atom. The van der Waals surface area contributed by atoms with Gasteiger partial charge in [-0.3, -0.25) is 10.3 Å². The maximum Gasteiger partial charge on any atom is 0.119 e. The summed E-state index contributed by atoms with van der Waals surface area (Å²) < 4.78 is 5.66. The molecule has 2 aromatic rings. The fourth-order valence-corrected chi connectivity index (χ4v) is 1.64. The van der Waals surface area contributed by atoms with E-state index in [9.17, 15) is 5.21 Å². The van der Waals surface area contributed by atoms with Crippen molar-refractivity contribution in [2.45, 2.75) is 13.5 Å². The fourth-order valence-electron chi connectivity index (χ4n) is 1.64. The van der Waals surface area contributed by atoms with E-state index in [0.717, 1.165) is 17.0 Å². The molecule has 0 aliphatic heterocycles. The van der Waals surface area contributed by atoms with Gasteiger partial charge in [0.2, 0.25) is 0 Å². The molecule has 0 radical (unpaired) electrons. The molecule has 3 heteroatoms. The van der Waals surface area contributed by atoms with Crippen molar-refractivity contribution < 1.29 is 9.94 Å². The lowest BCUT2D eigenvalue weighted by Gasteiger charge is -2.14. The third-order valence-corrected chi connectivity index (χ3v) is 2.68. The molecule has 94 valence electrons. The van der Waals surface area contributed by atoms with E-state index in [1.54, 1.807) is 0 Å². The zero-order chi connectivity index (χ0) is 12.8. The van der Waals surface area contributed by atoms with Crippen LogP contribution in [0.1, 0.15) is 12.5 Å². The zero-order valence-corrected chi connectivity index (χ0v) is 10.4. The second kappa shape index (κ2) is 6.07. The molecule has 1 N–H and O–H groups in total. The molecular formula is C15H17NO2. The predicted molar refractivity (Wildman–Crippen MR) is 72.0 cm³/mol. The Morgan fingerprint density at radius 1 is 1.00 bits per heavy atom. The molecule has 0 aliphatic rings. The fraction of sp³-hybridized carbons (Fsp3) is 0.200. The predicted octanol–water partition coefficient (Wildman–Crippen LogP) is 3.48. The normalized spacial score (nSPS) is 10.1. The molecule has 0 aromatic heterocycles. The molecule has 0 unspecified atom stereocenters. The van der Waals surface area contributed by atoms with Crippen molar-refractivity contribution in [2.24, 2.45) is 0 Å². The van der Waals surface area contributed by atoms with Crippen molar-refractivity contribution in [3.8, 4) is 5.75 Å². The number of hydroxylamine groups is 1. The molecule has 0 spiro atoms. The average molecular weight is 243 g/mol. The van der Waals surface area contributed by atoms with Crippen LogP contribution in [-0.4, -0.2) is 11.8 Å². The molecule has 2 aromatic carbocycles. The van der Waals surface area contributed by atoms with Gasteiger partial charge in [0.05, 0.1) is 5.69 Å². The molecule has 3 nitrogen and oxygen atoms in total. The largest absolute Gasteiger partial charge is 0.489 e. The third-order valence-electron chi connectivity index (χ3n) is 2.68. The van der Waals surface area contributed by atoms with Gasteiger partial charge >= 0.3 is 0 Å². The van der Waals surface area contributed by atoms with Crippen LogP contribution >= 0.6 is 0 Å². The summed E-state index contributed by atoms with van der Waals surface area (Å²) in [5.41, 5.74) is 1.91. The van der Waals surface area contributed by atoms with E-state index in [1.807, 2.05) is 61.5 Å². The van der Waals surface area contributed by atoms with Crippen LogP contribution in [0.4, 0.5) is 5.69 Å². The van der Waals surface area contributed by atoms with E-state index in [0.29, 0.717) is 13.2 Å². The van der Waals surface area contributed by atoms with Crippen molar-refractivity contribution in [3.63, 3.8) is 0 Å². The number of ether oxygens (including phenoxy) is 1. The van der Waals surface area contributed by atoms with Gasteiger partial charge in [-0.15, -0.1) is 0 Å². The number of benzene rings is 2. The first kappa shape index (κ1) is 12.5. The Bertz CT molecular complexity index is 468. The lowest BCUT2D eigenvalue weighted by atomic mass is 10.2. The monoisotopic (exact) mass is 243 g/mol. The van der Waals surface area contributed by atoms with E-state index in [4.69, 9.17) is 4.74 Å². The average Bonchev–Trinajstić information content (AvgIpc) is 2.46. The smallest absolute Gasteiger partial charge is 0.119 e. The Hall–Kier alpha value is -2.00. The molecule has 0 heterocycles. The molecule has 0 saturated carbocycles. The highest BCUT2D eigenvalue weighted by atomic mass is 16.5. The van der Waals surface area contributed by atoms with Gasteiger partial charge in [-0.25, -0.2) is 0 Å². The summed E-state index contributed by atoms with van der Waals surface area (Å²) in [4.78, 5) is 0. The summed E-state index contributed by atoms with van der Waals surface area (Å²) in [7, 11) is 0. The molecule has 18 heavy (non-hydrogen) atoms. The number of rotatable bonds is 5. The van der Waals surface area contributed by atoms with Crippen LogP contribution in [0.5, 0.6) is 5.75 Å². The molecule has 0 aliphatic carbocycles. The van der Waals surface area contributed by atoms with Crippen LogP contribution in [0.3, 0.4) is 0 Å². The van der Waals surface area contributed by atoms with E-state index in [1.165, 1.54) is 5.06 Å². The van der Waals surface area contributed by atoms with Crippen LogP contribution in [-0.2, 0) is 6.61 Å². The molecule has 0 saturated heterocycles. The topological polar surface area (TPSA) is 32.7 Å². The lowest BCUT2D eigenvalue weighted by molar-refractivity contribution is 0.260. The molecule has 0 bridgehead atoms. The van der Waals surface area contributed by atoms with Crippen LogP contribution in [0.2, 0.25) is 0 Å². The maximum atomic E-state index is 9.52. The first-order valence-corrected chi connectivity index (χ1v) is 6.03. The van der Waals surface area contributed by atoms with Crippen LogP contribution in [0.25, 0.3) is 0 Å². The number of hydrogen-bond acceptors (Lipinski definition) is 3. The van der Waals surface area contributed by atoms with Gasteiger partial charge in [-0.05, 0) is 36.8 Å². The highest BCUT2D eigenvalue weighted by Gasteiger charge is 2.00. The molecule has 0 fully saturated rings. The SMILES string of the molecule is CCN(O)c1ccc(OCc2ccccc2)cc1. The number of anilines is 1. The summed E-state index contributed by atoms with van der Waals surface area (Å²) in [6, 6.07) is 17.4. The van der Waals surface area contributed by atoms with Gasteiger partial charge in [0.25, 0.3) is 0 Å². The third kappa shape index (κ3) is 3.25. The lowest BCUT2D eigenvalue weighted by Crippen LogP contribution is -2.16. The summed E-state index contributed by atoms with van der Waals surface area (Å²) in [6.07, 6.45) is 0. The maximum absolute atomic E-state index is 9.52. The van der Waals surface area contributed by atoms with Crippen molar-refractivity contribution in [1.29, 1.82) is 0 Å². The van der Waals surface area contributed by atoms with Crippen molar-refractivity contribution in [3.05, 3.63) is 60.2 Å². The van der Waals surface area contributed by atoms with Gasteiger partial charge in [0.1, 0.15) is 12.4 Å². The second-order valence-electron chi connectivity index (χ2n) is 3.98. The van der Waals surface area contributed by atoms with Gasteiger partial charge in [0, 0.05) is 6.54 Å². The van der Waals surface area contributed by atoms with E-state index < -0.39 is 0 Å². The minimum absolute atomic E-state index is 0.552. The Morgan fingerprint density at radius 3 is 2.28 bits per heavy atom. The van der Waals surface area contributed by atoms with E-state index in [-0.39, 0.29) is 0 Å². The number of nitrogens with zero attached hydrogens (tertiary/aromatic N) is 1. The highest BCUT2D eigenvalue weighted by molar-refractivity contribution is 5.46. The molecule has 0 atom stereocenters. The van der Waals surface area contributed by atoms with Crippen molar-refractivity contribution in [2.75, 3.05) is 11.6 Å². The quantitative estimate of drug-likeness (QED) is 0.816. The summed E-state index contributed by atoms with van der Waals surface area (Å²) >= 11 is 0. The highest BCUT2D eigenvalue weighted by Crippen LogP contribution is 2.19. The summed E-state index contributed by atoms with van der Waals surface area (Å²) in [6.45, 7) is 3.00.